The number of nitrogens with one attached hydrogen (secondary N) is 2. The first kappa shape index (κ1) is 16.1. The number of nitrogens with zero attached hydrogens (tertiary/aromatic N) is 1. The first-order valence-electron chi connectivity index (χ1n) is 7.05. The highest BCUT2D eigenvalue weighted by atomic mass is 32.2. The number of hydrogen-bond donors (Lipinski definition) is 2. The van der Waals surface area contributed by atoms with Crippen molar-refractivity contribution < 1.29 is 13.2 Å². The summed E-state index contributed by atoms with van der Waals surface area (Å²) in [5.41, 5.74) is 0. The van der Waals surface area contributed by atoms with Crippen molar-refractivity contribution in [2.45, 2.75) is 6.92 Å². The van der Waals surface area contributed by atoms with Crippen LogP contribution in [-0.2, 0) is 14.8 Å². The first-order valence-corrected chi connectivity index (χ1v) is 9.81. The van der Waals surface area contributed by atoms with E-state index in [2.05, 4.69) is 10.6 Å². The summed E-state index contributed by atoms with van der Waals surface area (Å²) < 4.78 is 25.7. The zero-order valence-corrected chi connectivity index (χ0v) is 13.4. The minimum atomic E-state index is -3.22. The molecule has 2 heterocycles. The molecular weight excluding hydrogens is 298 g/mol. The minimum Gasteiger partial charge on any atom is -0.355 e. The van der Waals surface area contributed by atoms with Gasteiger partial charge in [0.1, 0.15) is 0 Å². The smallest absolute Gasteiger partial charge is 0.223 e. The molecule has 0 bridgehead atoms. The Morgan fingerprint density at radius 3 is 2.60 bits per heavy atom. The molecule has 0 saturated carbocycles. The maximum absolute atomic E-state index is 12.1. The zero-order chi connectivity index (χ0) is 14.6. The van der Waals surface area contributed by atoms with Gasteiger partial charge in [0.2, 0.25) is 15.9 Å². The van der Waals surface area contributed by atoms with E-state index in [1.54, 1.807) is 11.8 Å². The Hall–Kier alpha value is -0.310. The molecule has 0 aromatic rings. The van der Waals surface area contributed by atoms with Gasteiger partial charge in [-0.05, 0) is 19.0 Å². The van der Waals surface area contributed by atoms with Gasteiger partial charge in [-0.15, -0.1) is 0 Å². The van der Waals surface area contributed by atoms with E-state index in [0.717, 1.165) is 24.6 Å². The fourth-order valence-corrected chi connectivity index (χ4v) is 4.79. The Morgan fingerprint density at radius 2 is 2.05 bits per heavy atom. The van der Waals surface area contributed by atoms with Crippen LogP contribution in [0, 0.1) is 11.8 Å². The third kappa shape index (κ3) is 4.09. The lowest BCUT2D eigenvalue weighted by Gasteiger charge is -2.31. The Kier molecular flexibility index (Phi) is 5.71. The lowest BCUT2D eigenvalue weighted by Crippen LogP contribution is -2.50. The average molecular weight is 321 g/mol. The molecule has 0 radical (unpaired) electrons. The third-order valence-electron chi connectivity index (χ3n) is 3.96. The number of carbonyl (C=O) groups is 1. The summed E-state index contributed by atoms with van der Waals surface area (Å²) in [4.78, 5) is 11.9. The quantitative estimate of drug-likeness (QED) is 0.679. The number of rotatable bonds is 6. The molecule has 2 saturated heterocycles. The van der Waals surface area contributed by atoms with Crippen molar-refractivity contribution in [3.63, 3.8) is 0 Å². The third-order valence-corrected chi connectivity index (χ3v) is 6.77. The molecule has 0 spiro atoms. The molecule has 2 aliphatic heterocycles. The Bertz CT molecular complexity index is 431. The molecule has 2 fully saturated rings. The molecule has 20 heavy (non-hydrogen) atoms. The number of amides is 1. The fraction of sp³-hybridized carbons (Fsp3) is 0.917. The summed E-state index contributed by atoms with van der Waals surface area (Å²) in [5.74, 6) is 2.00. The SMILES string of the molecule is CC(C(=O)NCCS(=O)(=O)N1CCSCC1)C1CNC1. The highest BCUT2D eigenvalue weighted by molar-refractivity contribution is 7.99. The van der Waals surface area contributed by atoms with Crippen molar-refractivity contribution in [3.05, 3.63) is 0 Å². The first-order chi connectivity index (χ1) is 9.50. The Morgan fingerprint density at radius 1 is 1.40 bits per heavy atom. The maximum Gasteiger partial charge on any atom is 0.223 e. The number of thioether (sulfide) groups is 1. The van der Waals surface area contributed by atoms with Crippen LogP contribution in [-0.4, -0.2) is 68.6 Å². The molecule has 1 amide bonds. The van der Waals surface area contributed by atoms with Gasteiger partial charge in [-0.1, -0.05) is 6.92 Å². The van der Waals surface area contributed by atoms with E-state index in [4.69, 9.17) is 0 Å². The molecule has 1 atom stereocenters. The lowest BCUT2D eigenvalue weighted by atomic mass is 9.88. The zero-order valence-electron chi connectivity index (χ0n) is 11.8. The van der Waals surface area contributed by atoms with E-state index in [9.17, 15) is 13.2 Å². The number of carbonyl (C=O) groups excluding carboxylic acids is 1. The van der Waals surface area contributed by atoms with E-state index in [0.29, 0.717) is 19.0 Å². The van der Waals surface area contributed by atoms with E-state index >= 15 is 0 Å². The average Bonchev–Trinajstić information content (AvgIpc) is 2.37. The van der Waals surface area contributed by atoms with Gasteiger partial charge in [-0.2, -0.15) is 11.8 Å². The molecule has 8 heteroatoms. The van der Waals surface area contributed by atoms with Gasteiger partial charge in [-0.3, -0.25) is 4.79 Å². The van der Waals surface area contributed by atoms with Crippen LogP contribution in [0.4, 0.5) is 0 Å². The molecule has 1 unspecified atom stereocenters. The van der Waals surface area contributed by atoms with Crippen molar-refractivity contribution in [3.8, 4) is 0 Å². The molecule has 116 valence electrons. The largest absolute Gasteiger partial charge is 0.355 e. The fourth-order valence-electron chi connectivity index (χ4n) is 2.30. The molecule has 2 N–H and O–H groups in total. The molecular formula is C12H23N3O3S2. The van der Waals surface area contributed by atoms with Crippen molar-refractivity contribution in [2.24, 2.45) is 11.8 Å². The second-order valence-electron chi connectivity index (χ2n) is 5.33. The second-order valence-corrected chi connectivity index (χ2v) is 8.64. The summed E-state index contributed by atoms with van der Waals surface area (Å²) in [6.07, 6.45) is 0. The standard InChI is InChI=1S/C12H23N3O3S2/c1-10(11-8-13-9-11)12(16)14-2-7-20(17,18)15-3-5-19-6-4-15/h10-11,13H,2-9H2,1H3,(H,14,16). The summed E-state index contributed by atoms with van der Waals surface area (Å²) in [6, 6.07) is 0. The number of hydrogen-bond acceptors (Lipinski definition) is 5. The van der Waals surface area contributed by atoms with Crippen LogP contribution in [0.5, 0.6) is 0 Å². The van der Waals surface area contributed by atoms with Crippen molar-refractivity contribution in [2.75, 3.05) is 50.0 Å². The molecule has 2 rings (SSSR count). The molecule has 6 nitrogen and oxygen atoms in total. The molecule has 0 aromatic heterocycles. The second kappa shape index (κ2) is 7.11. The van der Waals surface area contributed by atoms with Gasteiger partial charge < -0.3 is 10.6 Å². The van der Waals surface area contributed by atoms with Gasteiger partial charge in [0, 0.05) is 37.1 Å². The van der Waals surface area contributed by atoms with E-state index in [1.807, 2.05) is 6.92 Å². The van der Waals surface area contributed by atoms with Gasteiger partial charge in [0.05, 0.1) is 5.75 Å². The van der Waals surface area contributed by atoms with Gasteiger partial charge >= 0.3 is 0 Å². The van der Waals surface area contributed by atoms with Crippen molar-refractivity contribution >= 4 is 27.7 Å². The van der Waals surface area contributed by atoms with Gasteiger partial charge in [0.15, 0.2) is 0 Å². The van der Waals surface area contributed by atoms with E-state index in [-0.39, 0.29) is 24.1 Å². The normalized spacial score (nSPS) is 23.1. The monoisotopic (exact) mass is 321 g/mol. The van der Waals surface area contributed by atoms with Crippen molar-refractivity contribution in [1.29, 1.82) is 0 Å². The summed E-state index contributed by atoms with van der Waals surface area (Å²) >= 11 is 1.78. The Balaban J connectivity index is 1.72. The topological polar surface area (TPSA) is 78.5 Å². The maximum atomic E-state index is 12.1. The predicted molar refractivity (Wildman–Crippen MR) is 81.2 cm³/mol. The van der Waals surface area contributed by atoms with Crippen LogP contribution in [0.25, 0.3) is 0 Å². The highest BCUT2D eigenvalue weighted by Gasteiger charge is 2.29. The van der Waals surface area contributed by atoms with Crippen LogP contribution in [0.2, 0.25) is 0 Å². The van der Waals surface area contributed by atoms with Crippen LogP contribution in [0.1, 0.15) is 6.92 Å². The Labute approximate surface area is 125 Å². The van der Waals surface area contributed by atoms with Crippen LogP contribution in [0.15, 0.2) is 0 Å². The van der Waals surface area contributed by atoms with Gasteiger partial charge in [0.25, 0.3) is 0 Å². The summed E-state index contributed by atoms with van der Waals surface area (Å²) in [7, 11) is -3.22. The molecule has 2 aliphatic rings. The minimum absolute atomic E-state index is 0.000949. The predicted octanol–water partition coefficient (Wildman–Crippen LogP) is -0.663. The summed E-state index contributed by atoms with van der Waals surface area (Å²) in [6.45, 7) is 5.03. The van der Waals surface area contributed by atoms with Crippen LogP contribution < -0.4 is 10.6 Å². The van der Waals surface area contributed by atoms with E-state index in [1.165, 1.54) is 4.31 Å². The van der Waals surface area contributed by atoms with E-state index < -0.39 is 10.0 Å². The van der Waals surface area contributed by atoms with Crippen LogP contribution >= 0.6 is 11.8 Å². The highest BCUT2D eigenvalue weighted by Crippen LogP contribution is 2.16. The molecule has 0 aliphatic carbocycles. The molecule has 0 aromatic carbocycles. The number of sulfonamides is 1. The van der Waals surface area contributed by atoms with Crippen LogP contribution in [0.3, 0.4) is 0 Å². The van der Waals surface area contributed by atoms with Gasteiger partial charge in [-0.25, -0.2) is 12.7 Å². The van der Waals surface area contributed by atoms with Crippen molar-refractivity contribution in [1.82, 2.24) is 14.9 Å². The summed E-state index contributed by atoms with van der Waals surface area (Å²) in [5, 5.41) is 5.88. The lowest BCUT2D eigenvalue weighted by molar-refractivity contribution is -0.126.